The molecule has 30 heavy (non-hydrogen) atoms. The van der Waals surface area contributed by atoms with E-state index in [1.807, 2.05) is 30.3 Å². The minimum absolute atomic E-state index is 0.164. The van der Waals surface area contributed by atoms with E-state index < -0.39 is 0 Å². The summed E-state index contributed by atoms with van der Waals surface area (Å²) in [6, 6.07) is 13.1. The number of urea groups is 1. The molecule has 0 saturated carbocycles. The number of carbonyl (C=O) groups excluding carboxylic acids is 3. The lowest BCUT2D eigenvalue weighted by Gasteiger charge is -2.41. The van der Waals surface area contributed by atoms with Crippen molar-refractivity contribution in [3.05, 3.63) is 64.8 Å². The zero-order valence-corrected chi connectivity index (χ0v) is 16.8. The minimum Gasteiger partial charge on any atom is -0.497 e. The van der Waals surface area contributed by atoms with Gasteiger partial charge in [0.05, 0.1) is 25.1 Å². The van der Waals surface area contributed by atoms with Gasteiger partial charge in [0.15, 0.2) is 0 Å². The van der Waals surface area contributed by atoms with Crippen molar-refractivity contribution in [1.82, 2.24) is 14.4 Å². The summed E-state index contributed by atoms with van der Waals surface area (Å²) >= 11 is 0. The number of fused-ring (bicyclic) bond motifs is 6. The van der Waals surface area contributed by atoms with Crippen molar-refractivity contribution in [2.75, 3.05) is 20.7 Å². The number of amides is 3. The Morgan fingerprint density at radius 1 is 1.13 bits per heavy atom. The lowest BCUT2D eigenvalue weighted by Crippen LogP contribution is -2.56. The predicted molar refractivity (Wildman–Crippen MR) is 111 cm³/mol. The number of hydrogen-bond acceptors (Lipinski definition) is 4. The number of hydrogen-bond donors (Lipinski definition) is 0. The maximum Gasteiger partial charge on any atom is 0.326 e. The van der Waals surface area contributed by atoms with Gasteiger partial charge in [0, 0.05) is 42.8 Å². The molecular weight excluding hydrogens is 382 g/mol. The van der Waals surface area contributed by atoms with Crippen LogP contribution in [0, 0.1) is 0 Å². The Morgan fingerprint density at radius 3 is 2.60 bits per heavy atom. The predicted octanol–water partition coefficient (Wildman–Crippen LogP) is 3.00. The van der Waals surface area contributed by atoms with E-state index in [-0.39, 0.29) is 17.9 Å². The van der Waals surface area contributed by atoms with E-state index >= 15 is 0 Å². The van der Waals surface area contributed by atoms with Crippen LogP contribution in [0.3, 0.4) is 0 Å². The molecule has 3 aromatic rings. The van der Waals surface area contributed by atoms with Gasteiger partial charge in [0.25, 0.3) is 0 Å². The van der Waals surface area contributed by atoms with E-state index in [1.165, 1.54) is 4.90 Å². The van der Waals surface area contributed by atoms with Crippen molar-refractivity contribution in [1.29, 1.82) is 0 Å². The summed E-state index contributed by atoms with van der Waals surface area (Å²) in [6.45, 7) is 1.43. The van der Waals surface area contributed by atoms with Gasteiger partial charge in [-0.15, -0.1) is 0 Å². The summed E-state index contributed by atoms with van der Waals surface area (Å²) in [7, 11) is 3.17. The largest absolute Gasteiger partial charge is 0.497 e. The van der Waals surface area contributed by atoms with Crippen LogP contribution in [0.25, 0.3) is 10.9 Å². The second-order valence-electron chi connectivity index (χ2n) is 7.80. The number of methoxy groups -OCH3 is 1. The fourth-order valence-corrected chi connectivity index (χ4v) is 4.60. The van der Waals surface area contributed by atoms with Crippen LogP contribution in [-0.4, -0.2) is 53.3 Å². The average Bonchev–Trinajstić information content (AvgIpc) is 3.09. The Balaban J connectivity index is 1.71. The normalized spacial score (nSPS) is 18.0. The molecule has 7 nitrogen and oxygen atoms in total. The molecule has 1 atom stereocenters. The van der Waals surface area contributed by atoms with Gasteiger partial charge in [-0.25, -0.2) is 4.79 Å². The van der Waals surface area contributed by atoms with Crippen LogP contribution in [0.5, 0.6) is 5.75 Å². The van der Waals surface area contributed by atoms with Gasteiger partial charge < -0.3 is 14.2 Å². The summed E-state index contributed by atoms with van der Waals surface area (Å²) in [4.78, 5) is 39.4. The number of ether oxygens (including phenoxy) is 1. The van der Waals surface area contributed by atoms with E-state index in [4.69, 9.17) is 4.74 Å². The molecule has 2 bridgehead atoms. The van der Waals surface area contributed by atoms with Crippen LogP contribution in [0.1, 0.15) is 33.1 Å². The molecule has 1 aromatic heterocycles. The molecule has 0 N–H and O–H groups in total. The molecule has 0 aliphatic carbocycles. The van der Waals surface area contributed by atoms with Crippen molar-refractivity contribution in [2.24, 2.45) is 0 Å². The number of rotatable bonds is 4. The number of nitrogens with zero attached hydrogens (tertiary/aromatic N) is 3. The summed E-state index contributed by atoms with van der Waals surface area (Å²) in [5.41, 5.74) is 4.60. The fraction of sp³-hybridized carbons (Fsp3) is 0.261. The highest BCUT2D eigenvalue weighted by molar-refractivity contribution is 6.04. The highest BCUT2D eigenvalue weighted by Crippen LogP contribution is 2.41. The van der Waals surface area contributed by atoms with Crippen molar-refractivity contribution >= 4 is 29.1 Å². The third-order valence-corrected chi connectivity index (χ3v) is 6.16. The number of aldehydes is 1. The summed E-state index contributed by atoms with van der Waals surface area (Å²) in [5.74, 6) is 0.200. The topological polar surface area (TPSA) is 71.8 Å². The Kier molecular flexibility index (Phi) is 4.13. The highest BCUT2D eigenvalue weighted by atomic mass is 16.5. The van der Waals surface area contributed by atoms with Crippen LogP contribution in [-0.2, 0) is 17.9 Å². The molecule has 5 rings (SSSR count). The maximum atomic E-state index is 12.9. The summed E-state index contributed by atoms with van der Waals surface area (Å²) in [5, 5.41) is 1.01. The van der Waals surface area contributed by atoms with E-state index in [9.17, 15) is 14.4 Å². The van der Waals surface area contributed by atoms with Crippen LogP contribution in [0.4, 0.5) is 4.79 Å². The number of aromatic nitrogens is 1. The van der Waals surface area contributed by atoms with Crippen molar-refractivity contribution in [2.45, 2.75) is 19.0 Å². The van der Waals surface area contributed by atoms with Crippen LogP contribution in [0.15, 0.2) is 42.5 Å². The molecule has 0 spiro atoms. The van der Waals surface area contributed by atoms with Crippen molar-refractivity contribution < 1.29 is 19.1 Å². The molecule has 0 radical (unpaired) electrons. The molecule has 3 heterocycles. The van der Waals surface area contributed by atoms with Gasteiger partial charge in [-0.3, -0.25) is 14.5 Å². The smallest absolute Gasteiger partial charge is 0.326 e. The second-order valence-corrected chi connectivity index (χ2v) is 7.80. The standard InChI is InChI=1S/C23H21N3O4/c1-24-22(28)18-11-25(23(24)29)12-20-21(18)17-8-7-16(30-2)9-19(17)26(20)10-14-3-5-15(13-27)6-4-14/h3-9,13,18H,10-12H2,1-2H3. The van der Waals surface area contributed by atoms with E-state index in [1.54, 1.807) is 31.2 Å². The van der Waals surface area contributed by atoms with Gasteiger partial charge in [-0.1, -0.05) is 24.3 Å². The monoisotopic (exact) mass is 403 g/mol. The number of likely N-dealkylation sites (N-methyl/N-ethyl adjacent to an activating group) is 1. The Morgan fingerprint density at radius 2 is 1.90 bits per heavy atom. The van der Waals surface area contributed by atoms with Crippen LogP contribution < -0.4 is 4.74 Å². The minimum atomic E-state index is -0.369. The number of imide groups is 1. The van der Waals surface area contributed by atoms with E-state index in [0.717, 1.165) is 39.8 Å². The molecule has 3 amide bonds. The molecule has 7 heteroatoms. The van der Waals surface area contributed by atoms with Gasteiger partial charge >= 0.3 is 6.03 Å². The molecule has 2 aliphatic rings. The van der Waals surface area contributed by atoms with E-state index in [2.05, 4.69) is 4.57 Å². The first-order valence-corrected chi connectivity index (χ1v) is 9.81. The Hall–Kier alpha value is -3.61. The Bertz CT molecular complexity index is 1200. The van der Waals surface area contributed by atoms with Crippen LogP contribution >= 0.6 is 0 Å². The van der Waals surface area contributed by atoms with Gasteiger partial charge in [0.1, 0.15) is 12.0 Å². The fourth-order valence-electron chi connectivity index (χ4n) is 4.60. The first-order valence-electron chi connectivity index (χ1n) is 9.81. The molecule has 1 saturated heterocycles. The van der Waals surface area contributed by atoms with Crippen molar-refractivity contribution in [3.8, 4) is 5.75 Å². The lowest BCUT2D eigenvalue weighted by molar-refractivity contribution is -0.132. The quantitative estimate of drug-likeness (QED) is 0.628. The van der Waals surface area contributed by atoms with Gasteiger partial charge in [-0.05, 0) is 23.3 Å². The third-order valence-electron chi connectivity index (χ3n) is 6.16. The van der Waals surface area contributed by atoms with Crippen molar-refractivity contribution in [3.63, 3.8) is 0 Å². The molecule has 152 valence electrons. The molecule has 1 fully saturated rings. The average molecular weight is 403 g/mol. The molecule has 1 unspecified atom stereocenters. The molecule has 2 aliphatic heterocycles. The third kappa shape index (κ3) is 2.62. The summed E-state index contributed by atoms with van der Waals surface area (Å²) < 4.78 is 7.60. The van der Waals surface area contributed by atoms with E-state index in [0.29, 0.717) is 25.2 Å². The SMILES string of the molecule is COc1ccc2c3c(n(Cc4ccc(C=O)cc4)c2c1)CN1CC3C(=O)N(C)C1=O. The number of carbonyl (C=O) groups is 3. The zero-order chi connectivity index (χ0) is 21.0. The molecule has 2 aromatic carbocycles. The first kappa shape index (κ1) is 18.4. The lowest BCUT2D eigenvalue weighted by atomic mass is 9.89. The van der Waals surface area contributed by atoms with Gasteiger partial charge in [0.2, 0.25) is 5.91 Å². The Labute approximate surface area is 173 Å². The maximum absolute atomic E-state index is 12.9. The van der Waals surface area contributed by atoms with Gasteiger partial charge in [-0.2, -0.15) is 0 Å². The second kappa shape index (κ2) is 6.73. The zero-order valence-electron chi connectivity index (χ0n) is 16.8. The first-order chi connectivity index (χ1) is 14.5. The highest BCUT2D eigenvalue weighted by Gasteiger charge is 2.44. The van der Waals surface area contributed by atoms with Crippen LogP contribution in [0.2, 0.25) is 0 Å². The summed E-state index contributed by atoms with van der Waals surface area (Å²) in [6.07, 6.45) is 0.823. The molecular formula is C23H21N3O4. The number of benzene rings is 2.